The average Bonchev–Trinajstić information content (AvgIpc) is 3.08. The quantitative estimate of drug-likeness (QED) is 0.166. The van der Waals surface area contributed by atoms with Gasteiger partial charge < -0.3 is 29.2 Å². The summed E-state index contributed by atoms with van der Waals surface area (Å²) < 4.78 is 23.7. The van der Waals surface area contributed by atoms with Gasteiger partial charge in [0.05, 0.1) is 17.2 Å². The number of nitrogens with zero attached hydrogens (tertiary/aromatic N) is 2. The van der Waals surface area contributed by atoms with Crippen LogP contribution in [0.2, 0.25) is 5.02 Å². The minimum atomic E-state index is -1.19. The van der Waals surface area contributed by atoms with E-state index in [-0.39, 0.29) is 19.8 Å². The summed E-state index contributed by atoms with van der Waals surface area (Å²) in [6, 6.07) is 17.7. The number of fused-ring (bicyclic) bond motifs is 1. The topological polar surface area (TPSA) is 143 Å². The maximum absolute atomic E-state index is 11.4. The first-order chi connectivity index (χ1) is 22.4. The van der Waals surface area contributed by atoms with Gasteiger partial charge in [0.15, 0.2) is 11.5 Å². The van der Waals surface area contributed by atoms with Gasteiger partial charge in [-0.15, -0.1) is 0 Å². The lowest BCUT2D eigenvalue weighted by molar-refractivity contribution is -0.140. The third-order valence-corrected chi connectivity index (χ3v) is 7.43. The number of ether oxygens (including phenoxy) is 4. The van der Waals surface area contributed by atoms with Crippen molar-refractivity contribution in [3.8, 4) is 40.2 Å². The second-order valence-corrected chi connectivity index (χ2v) is 10.5. The Kier molecular flexibility index (Phi) is 12.2. The molecule has 46 heavy (non-hydrogen) atoms. The molecule has 0 saturated carbocycles. The number of hydrogen-bond donors (Lipinski definition) is 3. The van der Waals surface area contributed by atoms with Crippen LogP contribution in [-0.4, -0.2) is 47.0 Å². The van der Waals surface area contributed by atoms with Crippen LogP contribution < -0.4 is 24.3 Å². The summed E-state index contributed by atoms with van der Waals surface area (Å²) in [6.45, 7) is 6.85. The summed E-state index contributed by atoms with van der Waals surface area (Å²) in [4.78, 5) is 15.5. The summed E-state index contributed by atoms with van der Waals surface area (Å²) in [5.41, 5.74) is 5.64. The van der Waals surface area contributed by atoms with Gasteiger partial charge in [0.1, 0.15) is 50.0 Å². The lowest BCUT2D eigenvalue weighted by atomic mass is 9.96. The number of aliphatic hydroxyl groups is 1. The Balaban J connectivity index is 0.00000235. The molecule has 5 rings (SSSR count). The van der Waals surface area contributed by atoms with E-state index in [2.05, 4.69) is 16.4 Å². The van der Waals surface area contributed by atoms with Crippen molar-refractivity contribution in [1.82, 2.24) is 10.3 Å². The molecule has 0 fully saturated rings. The van der Waals surface area contributed by atoms with Crippen molar-refractivity contribution in [2.45, 2.75) is 46.6 Å². The summed E-state index contributed by atoms with van der Waals surface area (Å²) in [7, 11) is 0. The lowest BCUT2D eigenvalue weighted by Gasteiger charge is -2.20. The van der Waals surface area contributed by atoms with Crippen LogP contribution in [0.1, 0.15) is 41.7 Å². The zero-order valence-electron chi connectivity index (χ0n) is 25.9. The highest BCUT2D eigenvalue weighted by molar-refractivity contribution is 6.32. The Morgan fingerprint density at radius 3 is 2.52 bits per heavy atom. The molecule has 1 aromatic heterocycles. The molecule has 1 aliphatic heterocycles. The first-order valence-electron chi connectivity index (χ1n) is 14.8. The number of benzene rings is 3. The molecule has 0 aliphatic carbocycles. The number of carboxylic acids is 1. The molecule has 0 bridgehead atoms. The Hall–Kier alpha value is -4.82. The van der Waals surface area contributed by atoms with Gasteiger partial charge in [-0.2, -0.15) is 5.26 Å². The Labute approximate surface area is 273 Å². The summed E-state index contributed by atoms with van der Waals surface area (Å²) in [5, 5.41) is 31.0. The molecule has 0 radical (unpaired) electrons. The molecule has 0 spiro atoms. The second kappa shape index (κ2) is 16.5. The third-order valence-electron chi connectivity index (χ3n) is 7.14. The van der Waals surface area contributed by atoms with E-state index in [0.717, 1.165) is 28.0 Å². The van der Waals surface area contributed by atoms with Gasteiger partial charge in [-0.25, -0.2) is 0 Å². The Bertz CT molecular complexity index is 1710. The predicted molar refractivity (Wildman–Crippen MR) is 173 cm³/mol. The fourth-order valence-corrected chi connectivity index (χ4v) is 4.97. The second-order valence-electron chi connectivity index (χ2n) is 10.1. The molecule has 0 saturated heterocycles. The SMILES string of the molecule is CC.Cc1c(COc2cc(OCc3cncc(C#N)c3)c(CN[C@@H](CO)C(=O)O)cc2Cl)cccc1-c1ccc2c(c1)OCCO2. The maximum Gasteiger partial charge on any atom is 0.323 e. The van der Waals surface area contributed by atoms with E-state index < -0.39 is 18.6 Å². The molecule has 3 N–H and O–H groups in total. The molecule has 240 valence electrons. The molecule has 1 atom stereocenters. The van der Waals surface area contributed by atoms with Gasteiger partial charge in [-0.1, -0.05) is 49.7 Å². The standard InChI is InChI=1S/C33H30ClN3O7.C2H6/c1-20-24(3-2-4-26(20)23-5-6-29-32(11-23)42-8-7-41-29)19-44-31-12-30(43-18-22-9-21(13-35)14-36-15-22)25(10-27(31)34)16-37-28(17-38)33(39)40;1-2/h2-6,9-12,14-15,28,37-38H,7-8,16-19H2,1H3,(H,39,40);1-2H3/t28-;/m0./s1. The van der Waals surface area contributed by atoms with E-state index in [9.17, 15) is 20.3 Å². The first-order valence-corrected chi connectivity index (χ1v) is 15.2. The van der Waals surface area contributed by atoms with Crippen LogP contribution in [0.5, 0.6) is 23.0 Å². The maximum atomic E-state index is 11.4. The number of carbonyl (C=O) groups is 1. The zero-order chi connectivity index (χ0) is 33.1. The van der Waals surface area contributed by atoms with Crippen molar-refractivity contribution >= 4 is 17.6 Å². The fourth-order valence-electron chi connectivity index (χ4n) is 4.73. The molecule has 4 aromatic rings. The van der Waals surface area contributed by atoms with Crippen molar-refractivity contribution in [1.29, 1.82) is 5.26 Å². The highest BCUT2D eigenvalue weighted by Gasteiger charge is 2.19. The summed E-state index contributed by atoms with van der Waals surface area (Å²) in [6.07, 6.45) is 3.05. The first kappa shape index (κ1) is 34.1. The van der Waals surface area contributed by atoms with Crippen LogP contribution in [0.3, 0.4) is 0 Å². The van der Waals surface area contributed by atoms with Gasteiger partial charge in [-0.3, -0.25) is 15.1 Å². The Morgan fingerprint density at radius 1 is 1.02 bits per heavy atom. The highest BCUT2D eigenvalue weighted by Crippen LogP contribution is 2.37. The van der Waals surface area contributed by atoms with Gasteiger partial charge in [-0.05, 0) is 53.4 Å². The summed E-state index contributed by atoms with van der Waals surface area (Å²) in [5.74, 6) is 1.02. The number of hydrogen-bond acceptors (Lipinski definition) is 9. The number of aliphatic carboxylic acids is 1. The van der Waals surface area contributed by atoms with Gasteiger partial charge >= 0.3 is 5.97 Å². The molecule has 0 unspecified atom stereocenters. The number of rotatable bonds is 12. The lowest BCUT2D eigenvalue weighted by Crippen LogP contribution is -2.39. The third kappa shape index (κ3) is 8.46. The van der Waals surface area contributed by atoms with Crippen LogP contribution >= 0.6 is 11.6 Å². The van der Waals surface area contributed by atoms with Crippen molar-refractivity contribution in [2.24, 2.45) is 0 Å². The number of aromatic nitrogens is 1. The van der Waals surface area contributed by atoms with Gasteiger partial charge in [0.2, 0.25) is 0 Å². The van der Waals surface area contributed by atoms with E-state index in [1.165, 1.54) is 6.20 Å². The summed E-state index contributed by atoms with van der Waals surface area (Å²) >= 11 is 6.62. The van der Waals surface area contributed by atoms with Crippen LogP contribution in [0.4, 0.5) is 0 Å². The van der Waals surface area contributed by atoms with Crippen molar-refractivity contribution in [3.63, 3.8) is 0 Å². The highest BCUT2D eigenvalue weighted by atomic mass is 35.5. The zero-order valence-corrected chi connectivity index (χ0v) is 26.6. The molecule has 2 heterocycles. The minimum absolute atomic E-state index is 0.0556. The normalized spacial score (nSPS) is 12.3. The van der Waals surface area contributed by atoms with Crippen LogP contribution in [0.25, 0.3) is 11.1 Å². The van der Waals surface area contributed by atoms with E-state index >= 15 is 0 Å². The number of pyridine rings is 1. The van der Waals surface area contributed by atoms with Gasteiger partial charge in [0.25, 0.3) is 0 Å². The molecule has 3 aromatic carbocycles. The smallest absolute Gasteiger partial charge is 0.323 e. The minimum Gasteiger partial charge on any atom is -0.488 e. The molecule has 1 aliphatic rings. The van der Waals surface area contributed by atoms with Crippen LogP contribution in [0, 0.1) is 18.3 Å². The molecular weight excluding hydrogens is 610 g/mol. The molecule has 10 nitrogen and oxygen atoms in total. The van der Waals surface area contributed by atoms with Gasteiger partial charge in [0, 0.05) is 36.1 Å². The Morgan fingerprint density at radius 2 is 1.78 bits per heavy atom. The largest absolute Gasteiger partial charge is 0.488 e. The average molecular weight is 646 g/mol. The van der Waals surface area contributed by atoms with E-state index in [0.29, 0.717) is 52.2 Å². The molecule has 0 amide bonds. The molecular formula is C35H36ClN3O7. The number of aliphatic hydroxyl groups excluding tert-OH is 1. The van der Waals surface area contributed by atoms with E-state index in [4.69, 9.17) is 30.5 Å². The fraction of sp³-hybridized carbons (Fsp3) is 0.286. The predicted octanol–water partition coefficient (Wildman–Crippen LogP) is 6.07. The van der Waals surface area contributed by atoms with Crippen molar-refractivity contribution in [2.75, 3.05) is 19.8 Å². The number of halogens is 1. The molecule has 11 heteroatoms. The van der Waals surface area contributed by atoms with Crippen LogP contribution in [0.15, 0.2) is 67.0 Å². The monoisotopic (exact) mass is 645 g/mol. The number of nitrogens with one attached hydrogen (secondary N) is 1. The van der Waals surface area contributed by atoms with Crippen molar-refractivity contribution < 1.29 is 34.0 Å². The van der Waals surface area contributed by atoms with Crippen molar-refractivity contribution in [3.05, 3.63) is 99.8 Å². The number of nitriles is 1. The van der Waals surface area contributed by atoms with E-state index in [1.807, 2.05) is 57.2 Å². The van der Waals surface area contributed by atoms with E-state index in [1.54, 1.807) is 24.4 Å². The number of carboxylic acid groups (broad SMARTS) is 1. The van der Waals surface area contributed by atoms with Crippen LogP contribution in [-0.2, 0) is 24.6 Å².